The van der Waals surface area contributed by atoms with E-state index in [0.29, 0.717) is 17.7 Å². The van der Waals surface area contributed by atoms with Crippen LogP contribution in [0, 0.1) is 6.92 Å². The summed E-state index contributed by atoms with van der Waals surface area (Å²) >= 11 is 0. The number of hydrogen-bond donors (Lipinski definition) is 4. The first-order valence-electron chi connectivity index (χ1n) is 11.3. The first-order chi connectivity index (χ1) is 14.0. The van der Waals surface area contributed by atoms with E-state index >= 15 is 0 Å². The molecule has 2 saturated heterocycles. The zero-order chi connectivity index (χ0) is 23.4. The first kappa shape index (κ1) is 24.1. The quantitative estimate of drug-likeness (QED) is 0.561. The highest BCUT2D eigenvalue weighted by Gasteiger charge is 2.46. The van der Waals surface area contributed by atoms with Gasteiger partial charge >= 0.3 is 0 Å². The lowest BCUT2D eigenvalue weighted by Gasteiger charge is -2.51. The van der Waals surface area contributed by atoms with Gasteiger partial charge in [0.05, 0.1) is 0 Å². The summed E-state index contributed by atoms with van der Waals surface area (Å²) in [6, 6.07) is 0.275. The molecule has 0 unspecified atom stereocenters. The minimum absolute atomic E-state index is 0.138. The monoisotopic (exact) mass is 435 g/mol. The molecule has 2 aliphatic rings. The molecule has 176 valence electrons. The van der Waals surface area contributed by atoms with Gasteiger partial charge in [-0.2, -0.15) is 25.1 Å². The zero-order valence-corrected chi connectivity index (χ0v) is 20.6. The largest absolute Gasteiger partial charge is 0.351 e. The van der Waals surface area contributed by atoms with E-state index in [2.05, 4.69) is 25.6 Å². The van der Waals surface area contributed by atoms with Gasteiger partial charge in [-0.25, -0.2) is 0 Å². The minimum Gasteiger partial charge on any atom is -0.351 e. The number of anilines is 2. The highest BCUT2D eigenvalue weighted by molar-refractivity contribution is 5.37. The summed E-state index contributed by atoms with van der Waals surface area (Å²) in [4.78, 5) is 13.7. The van der Waals surface area contributed by atoms with Crippen molar-refractivity contribution in [1.29, 1.82) is 0 Å². The van der Waals surface area contributed by atoms with E-state index in [1.165, 1.54) is 10.1 Å². The van der Waals surface area contributed by atoms with Crippen molar-refractivity contribution in [2.45, 2.75) is 122 Å². The molecule has 0 radical (unpaired) electrons. The number of hydroxylamine groups is 4. The normalized spacial score (nSPS) is 26.5. The van der Waals surface area contributed by atoms with Crippen LogP contribution in [-0.2, 0) is 0 Å². The van der Waals surface area contributed by atoms with Gasteiger partial charge in [0.25, 0.3) is 0 Å². The van der Waals surface area contributed by atoms with Gasteiger partial charge in [-0.05, 0) is 88.0 Å². The Morgan fingerprint density at radius 2 is 0.935 bits per heavy atom. The molecule has 0 atom stereocenters. The lowest BCUT2D eigenvalue weighted by atomic mass is 9.79. The van der Waals surface area contributed by atoms with Gasteiger partial charge < -0.3 is 21.0 Å². The van der Waals surface area contributed by atoms with Crippen LogP contribution in [0.1, 0.15) is 86.9 Å². The van der Waals surface area contributed by atoms with Crippen molar-refractivity contribution in [2.24, 2.45) is 0 Å². The van der Waals surface area contributed by atoms with E-state index in [9.17, 15) is 10.4 Å². The van der Waals surface area contributed by atoms with Gasteiger partial charge in [-0.1, -0.05) is 0 Å². The third kappa shape index (κ3) is 5.10. The highest BCUT2D eigenvalue weighted by atomic mass is 16.5. The van der Waals surface area contributed by atoms with Gasteiger partial charge in [-0.15, -0.1) is 0 Å². The van der Waals surface area contributed by atoms with Crippen molar-refractivity contribution in [3.63, 3.8) is 0 Å². The predicted molar refractivity (Wildman–Crippen MR) is 121 cm³/mol. The fourth-order valence-electron chi connectivity index (χ4n) is 5.72. The standard InChI is InChI=1S/C22H41N7O2/c1-14-23-17(25-15-10-19(2,3)28(30)20(4,5)11-15)27-18(24-14)26-16-12-21(6,7)29(31)22(8,9)13-16/h15-16,30-31H,10-13H2,1-9H3,(H2,23,24,25,26,27). The second-order valence-electron chi connectivity index (χ2n) is 11.9. The Bertz CT molecular complexity index is 711. The maximum atomic E-state index is 10.6. The molecule has 2 fully saturated rings. The Morgan fingerprint density at radius 3 is 1.23 bits per heavy atom. The summed E-state index contributed by atoms with van der Waals surface area (Å²) in [6.45, 7) is 18.2. The fraction of sp³-hybridized carbons (Fsp3) is 0.864. The van der Waals surface area contributed by atoms with Gasteiger partial charge in [0.15, 0.2) is 0 Å². The maximum Gasteiger partial charge on any atom is 0.227 e. The third-order valence-electron chi connectivity index (χ3n) is 6.69. The Labute approximate surface area is 186 Å². The zero-order valence-electron chi connectivity index (χ0n) is 20.6. The number of piperidine rings is 2. The molecule has 0 aliphatic carbocycles. The van der Waals surface area contributed by atoms with E-state index < -0.39 is 0 Å². The molecular weight excluding hydrogens is 394 g/mol. The van der Waals surface area contributed by atoms with E-state index in [1.54, 1.807) is 0 Å². The number of aromatic nitrogens is 3. The molecule has 0 amide bonds. The Kier molecular flexibility index (Phi) is 6.06. The number of hydrogen-bond acceptors (Lipinski definition) is 9. The van der Waals surface area contributed by atoms with Gasteiger partial charge in [0, 0.05) is 34.2 Å². The number of rotatable bonds is 4. The molecule has 2 aliphatic heterocycles. The average Bonchev–Trinajstić information content (AvgIpc) is 2.56. The van der Waals surface area contributed by atoms with Crippen molar-refractivity contribution in [1.82, 2.24) is 25.1 Å². The molecule has 0 spiro atoms. The molecule has 0 aromatic carbocycles. The summed E-state index contributed by atoms with van der Waals surface area (Å²) in [5, 5.41) is 31.0. The van der Waals surface area contributed by atoms with Crippen molar-refractivity contribution in [3.8, 4) is 0 Å². The number of aryl methyl sites for hydroxylation is 1. The number of nitrogens with one attached hydrogen (secondary N) is 2. The molecule has 4 N–H and O–H groups in total. The van der Waals surface area contributed by atoms with Gasteiger partial charge in [-0.3, -0.25) is 0 Å². The average molecular weight is 436 g/mol. The lowest BCUT2D eigenvalue weighted by molar-refractivity contribution is -0.243. The molecule has 3 rings (SSSR count). The van der Waals surface area contributed by atoms with Gasteiger partial charge in [0.1, 0.15) is 5.82 Å². The predicted octanol–water partition coefficient (Wildman–Crippen LogP) is 3.83. The summed E-state index contributed by atoms with van der Waals surface area (Å²) in [6.07, 6.45) is 3.10. The fourth-order valence-corrected chi connectivity index (χ4v) is 5.72. The lowest BCUT2D eigenvalue weighted by Crippen LogP contribution is -2.61. The van der Waals surface area contributed by atoms with E-state index in [1.807, 2.05) is 62.3 Å². The molecule has 1 aromatic rings. The van der Waals surface area contributed by atoms with Crippen LogP contribution in [0.4, 0.5) is 11.9 Å². The first-order valence-corrected chi connectivity index (χ1v) is 11.3. The van der Waals surface area contributed by atoms with Crippen LogP contribution in [0.15, 0.2) is 0 Å². The van der Waals surface area contributed by atoms with E-state index in [0.717, 1.165) is 25.7 Å². The van der Waals surface area contributed by atoms with Crippen LogP contribution < -0.4 is 10.6 Å². The Morgan fingerprint density at radius 1 is 0.645 bits per heavy atom. The summed E-state index contributed by atoms with van der Waals surface area (Å²) < 4.78 is 0. The van der Waals surface area contributed by atoms with E-state index in [4.69, 9.17) is 0 Å². The van der Waals surface area contributed by atoms with Crippen molar-refractivity contribution in [3.05, 3.63) is 5.82 Å². The van der Waals surface area contributed by atoms with Crippen LogP contribution in [-0.4, -0.2) is 69.7 Å². The topological polar surface area (TPSA) is 110 Å². The van der Waals surface area contributed by atoms with Crippen LogP contribution >= 0.6 is 0 Å². The van der Waals surface area contributed by atoms with Crippen LogP contribution in [0.3, 0.4) is 0 Å². The Hall–Kier alpha value is -1.55. The Balaban J connectivity index is 1.75. The van der Waals surface area contributed by atoms with Crippen LogP contribution in [0.25, 0.3) is 0 Å². The maximum absolute atomic E-state index is 10.6. The molecular formula is C22H41N7O2. The smallest absolute Gasteiger partial charge is 0.227 e. The SMILES string of the molecule is Cc1nc(NC2CC(C)(C)N(O)C(C)(C)C2)nc(NC2CC(C)(C)N(O)C(C)(C)C2)n1. The third-order valence-corrected chi connectivity index (χ3v) is 6.69. The highest BCUT2D eigenvalue weighted by Crippen LogP contribution is 2.39. The number of nitrogens with zero attached hydrogens (tertiary/aromatic N) is 5. The summed E-state index contributed by atoms with van der Waals surface area (Å²) in [7, 11) is 0. The van der Waals surface area contributed by atoms with Crippen LogP contribution in [0.5, 0.6) is 0 Å². The van der Waals surface area contributed by atoms with Crippen LogP contribution in [0.2, 0.25) is 0 Å². The van der Waals surface area contributed by atoms with Gasteiger partial charge in [0.2, 0.25) is 11.9 Å². The van der Waals surface area contributed by atoms with Crippen molar-refractivity contribution in [2.75, 3.05) is 10.6 Å². The minimum atomic E-state index is -0.349. The summed E-state index contributed by atoms with van der Waals surface area (Å²) in [5.41, 5.74) is -1.40. The molecule has 9 nitrogen and oxygen atoms in total. The molecule has 1 aromatic heterocycles. The molecule has 9 heteroatoms. The second kappa shape index (κ2) is 7.79. The molecule has 3 heterocycles. The van der Waals surface area contributed by atoms with Crippen molar-refractivity contribution < 1.29 is 10.4 Å². The molecule has 31 heavy (non-hydrogen) atoms. The van der Waals surface area contributed by atoms with Crippen molar-refractivity contribution >= 4 is 11.9 Å². The molecule has 0 saturated carbocycles. The second-order valence-corrected chi connectivity index (χ2v) is 11.9. The summed E-state index contributed by atoms with van der Waals surface area (Å²) in [5.74, 6) is 1.75. The van der Waals surface area contributed by atoms with E-state index in [-0.39, 0.29) is 34.2 Å². The molecule has 0 bridgehead atoms.